The molecule has 138 valence electrons. The van der Waals surface area contributed by atoms with E-state index in [4.69, 9.17) is 0 Å². The Morgan fingerprint density at radius 3 is 2.48 bits per heavy atom. The van der Waals surface area contributed by atoms with Crippen molar-refractivity contribution < 1.29 is 4.79 Å². The van der Waals surface area contributed by atoms with E-state index in [1.54, 1.807) is 17.0 Å². The first kappa shape index (κ1) is 19.1. The SMILES string of the molecule is Cc1ccc(C)c(C(=O)CSc2nccn(-c3ccc(C)c(C)c3)c2=O)c1. The maximum atomic E-state index is 12.8. The summed E-state index contributed by atoms with van der Waals surface area (Å²) >= 11 is 1.19. The van der Waals surface area contributed by atoms with E-state index in [1.165, 1.54) is 17.3 Å². The number of benzene rings is 2. The lowest BCUT2D eigenvalue weighted by Crippen LogP contribution is -2.21. The Morgan fingerprint density at radius 1 is 1.00 bits per heavy atom. The molecule has 0 aliphatic carbocycles. The number of aryl methyl sites for hydroxylation is 4. The summed E-state index contributed by atoms with van der Waals surface area (Å²) in [4.78, 5) is 29.6. The summed E-state index contributed by atoms with van der Waals surface area (Å²) in [5.74, 6) is 0.188. The summed E-state index contributed by atoms with van der Waals surface area (Å²) in [6, 6.07) is 11.7. The van der Waals surface area contributed by atoms with Crippen molar-refractivity contribution >= 4 is 17.5 Å². The van der Waals surface area contributed by atoms with Crippen LogP contribution in [0, 0.1) is 27.7 Å². The van der Waals surface area contributed by atoms with Crippen LogP contribution < -0.4 is 5.56 Å². The van der Waals surface area contributed by atoms with Gasteiger partial charge in [0.15, 0.2) is 10.8 Å². The van der Waals surface area contributed by atoms with E-state index in [2.05, 4.69) is 4.98 Å². The van der Waals surface area contributed by atoms with Crippen molar-refractivity contribution in [2.24, 2.45) is 0 Å². The van der Waals surface area contributed by atoms with Crippen molar-refractivity contribution in [2.45, 2.75) is 32.7 Å². The summed E-state index contributed by atoms with van der Waals surface area (Å²) in [5.41, 5.74) is 5.58. The summed E-state index contributed by atoms with van der Waals surface area (Å²) in [5, 5.41) is 0.328. The standard InChI is InChI=1S/C22H22N2O2S/c1-14-5-6-16(3)19(11-14)20(25)13-27-21-22(26)24(10-9-23-21)18-8-7-15(2)17(4)12-18/h5-12H,13H2,1-4H3. The van der Waals surface area contributed by atoms with Gasteiger partial charge >= 0.3 is 0 Å². The molecule has 0 fully saturated rings. The van der Waals surface area contributed by atoms with Crippen LogP contribution in [0.1, 0.15) is 32.6 Å². The Bertz CT molecular complexity index is 1070. The van der Waals surface area contributed by atoms with E-state index in [-0.39, 0.29) is 17.1 Å². The highest BCUT2D eigenvalue weighted by molar-refractivity contribution is 7.99. The molecule has 4 nitrogen and oxygen atoms in total. The normalized spacial score (nSPS) is 10.8. The molecule has 0 saturated carbocycles. The second-order valence-corrected chi connectivity index (χ2v) is 7.67. The fourth-order valence-corrected chi connectivity index (χ4v) is 3.60. The van der Waals surface area contributed by atoms with Crippen LogP contribution >= 0.6 is 11.8 Å². The van der Waals surface area contributed by atoms with E-state index < -0.39 is 0 Å². The molecule has 1 aromatic heterocycles. The van der Waals surface area contributed by atoms with Crippen LogP contribution in [0.5, 0.6) is 0 Å². The zero-order valence-corrected chi connectivity index (χ0v) is 16.8. The first-order chi connectivity index (χ1) is 12.9. The topological polar surface area (TPSA) is 52.0 Å². The molecule has 5 heteroatoms. The molecule has 0 aliphatic heterocycles. The summed E-state index contributed by atoms with van der Waals surface area (Å²) in [6.07, 6.45) is 3.25. The van der Waals surface area contributed by atoms with Gasteiger partial charge in [-0.25, -0.2) is 4.98 Å². The van der Waals surface area contributed by atoms with Gasteiger partial charge in [-0.2, -0.15) is 0 Å². The Hall–Kier alpha value is -2.66. The number of ketones is 1. The van der Waals surface area contributed by atoms with Gasteiger partial charge < -0.3 is 0 Å². The van der Waals surface area contributed by atoms with E-state index in [0.717, 1.165) is 22.4 Å². The molecule has 2 aromatic carbocycles. The van der Waals surface area contributed by atoms with Gasteiger partial charge in [0.2, 0.25) is 0 Å². The molecular weight excluding hydrogens is 356 g/mol. The van der Waals surface area contributed by atoms with Crippen LogP contribution in [0.25, 0.3) is 5.69 Å². The summed E-state index contributed by atoms with van der Waals surface area (Å²) < 4.78 is 1.57. The van der Waals surface area contributed by atoms with Gasteiger partial charge in [0.25, 0.3) is 5.56 Å². The highest BCUT2D eigenvalue weighted by Gasteiger charge is 2.13. The number of nitrogens with zero attached hydrogens (tertiary/aromatic N) is 2. The van der Waals surface area contributed by atoms with Gasteiger partial charge in [-0.1, -0.05) is 35.5 Å². The number of hydrogen-bond acceptors (Lipinski definition) is 4. The molecule has 1 heterocycles. The van der Waals surface area contributed by atoms with Crippen LogP contribution in [-0.2, 0) is 0 Å². The monoisotopic (exact) mass is 378 g/mol. The fourth-order valence-electron chi connectivity index (χ4n) is 2.82. The fraction of sp³-hybridized carbons (Fsp3) is 0.227. The maximum Gasteiger partial charge on any atom is 0.287 e. The van der Waals surface area contributed by atoms with Crippen LogP contribution in [0.15, 0.2) is 58.6 Å². The number of carbonyl (C=O) groups excluding carboxylic acids is 1. The minimum absolute atomic E-state index is 0.00369. The number of rotatable bonds is 5. The Morgan fingerprint density at radius 2 is 1.74 bits per heavy atom. The Balaban J connectivity index is 1.84. The van der Waals surface area contributed by atoms with Crippen molar-refractivity contribution in [1.82, 2.24) is 9.55 Å². The van der Waals surface area contributed by atoms with Gasteiger partial charge in [-0.3, -0.25) is 14.2 Å². The minimum Gasteiger partial charge on any atom is -0.293 e. The average molecular weight is 378 g/mol. The summed E-state index contributed by atoms with van der Waals surface area (Å²) in [7, 11) is 0. The lowest BCUT2D eigenvalue weighted by atomic mass is 10.0. The number of carbonyl (C=O) groups is 1. The minimum atomic E-state index is -0.209. The first-order valence-corrected chi connectivity index (χ1v) is 9.74. The van der Waals surface area contributed by atoms with E-state index in [1.807, 2.05) is 64.1 Å². The first-order valence-electron chi connectivity index (χ1n) is 8.75. The molecule has 0 bridgehead atoms. The molecule has 0 atom stereocenters. The molecular formula is C22H22N2O2S. The zero-order chi connectivity index (χ0) is 19.6. The average Bonchev–Trinajstić information content (AvgIpc) is 2.65. The lowest BCUT2D eigenvalue weighted by Gasteiger charge is -2.10. The van der Waals surface area contributed by atoms with Gasteiger partial charge in [0.05, 0.1) is 5.75 Å². The molecule has 0 N–H and O–H groups in total. The van der Waals surface area contributed by atoms with Gasteiger partial charge in [0.1, 0.15) is 0 Å². The largest absolute Gasteiger partial charge is 0.293 e. The molecule has 3 rings (SSSR count). The molecule has 0 radical (unpaired) electrons. The summed E-state index contributed by atoms with van der Waals surface area (Å²) in [6.45, 7) is 7.94. The second kappa shape index (κ2) is 7.92. The molecule has 0 saturated heterocycles. The van der Waals surface area contributed by atoms with Crippen LogP contribution in [0.2, 0.25) is 0 Å². The Kier molecular flexibility index (Phi) is 5.61. The van der Waals surface area contributed by atoms with Gasteiger partial charge in [-0.15, -0.1) is 0 Å². The lowest BCUT2D eigenvalue weighted by molar-refractivity contribution is 0.102. The Labute approximate surface area is 163 Å². The van der Waals surface area contributed by atoms with Crippen LogP contribution in [-0.4, -0.2) is 21.1 Å². The molecule has 0 amide bonds. The second-order valence-electron chi connectivity index (χ2n) is 6.71. The third kappa shape index (κ3) is 4.19. The molecule has 3 aromatic rings. The van der Waals surface area contributed by atoms with Crippen molar-refractivity contribution in [3.05, 3.63) is 87.0 Å². The van der Waals surface area contributed by atoms with Crippen molar-refractivity contribution in [1.29, 1.82) is 0 Å². The van der Waals surface area contributed by atoms with Crippen LogP contribution in [0.4, 0.5) is 0 Å². The predicted molar refractivity (Wildman–Crippen MR) is 110 cm³/mol. The van der Waals surface area contributed by atoms with Crippen molar-refractivity contribution in [3.63, 3.8) is 0 Å². The smallest absolute Gasteiger partial charge is 0.287 e. The number of hydrogen-bond donors (Lipinski definition) is 0. The molecule has 0 aliphatic rings. The highest BCUT2D eigenvalue weighted by atomic mass is 32.2. The van der Waals surface area contributed by atoms with E-state index in [0.29, 0.717) is 10.6 Å². The van der Waals surface area contributed by atoms with Crippen molar-refractivity contribution in [2.75, 3.05) is 5.75 Å². The van der Waals surface area contributed by atoms with Crippen molar-refractivity contribution in [3.8, 4) is 5.69 Å². The quantitative estimate of drug-likeness (QED) is 0.486. The maximum absolute atomic E-state index is 12.8. The van der Waals surface area contributed by atoms with E-state index >= 15 is 0 Å². The third-order valence-electron chi connectivity index (χ3n) is 4.61. The molecule has 0 unspecified atom stereocenters. The number of Topliss-reactive ketones (excluding diaryl/α,β-unsaturated/α-hetero) is 1. The molecule has 27 heavy (non-hydrogen) atoms. The van der Waals surface area contributed by atoms with Gasteiger partial charge in [-0.05, 0) is 62.6 Å². The van der Waals surface area contributed by atoms with E-state index in [9.17, 15) is 9.59 Å². The third-order valence-corrected chi connectivity index (χ3v) is 5.57. The molecule has 0 spiro atoms. The number of thioether (sulfide) groups is 1. The highest BCUT2D eigenvalue weighted by Crippen LogP contribution is 2.18. The predicted octanol–water partition coefficient (Wildman–Crippen LogP) is 4.44. The van der Waals surface area contributed by atoms with Gasteiger partial charge in [0, 0.05) is 23.6 Å². The zero-order valence-electron chi connectivity index (χ0n) is 15.9. The number of aromatic nitrogens is 2. The van der Waals surface area contributed by atoms with Crippen LogP contribution in [0.3, 0.4) is 0 Å².